The number of aryl methyl sites for hydroxylation is 1. The van der Waals surface area contributed by atoms with Crippen molar-refractivity contribution in [1.29, 1.82) is 0 Å². The molecule has 0 aliphatic rings. The lowest BCUT2D eigenvalue weighted by Gasteiger charge is -2.16. The van der Waals surface area contributed by atoms with E-state index in [1.54, 1.807) is 19.2 Å². The zero-order chi connectivity index (χ0) is 24.9. The van der Waals surface area contributed by atoms with Gasteiger partial charge in [-0.05, 0) is 42.8 Å². The van der Waals surface area contributed by atoms with E-state index in [-0.39, 0.29) is 6.42 Å². The molecular weight excluding hydrogens is 453 g/mol. The number of esters is 1. The molecule has 10 heteroatoms. The number of fused-ring (bicyclic) bond motifs is 1. The molecule has 2 heterocycles. The van der Waals surface area contributed by atoms with Gasteiger partial charge in [0.1, 0.15) is 17.7 Å². The van der Waals surface area contributed by atoms with Gasteiger partial charge in [-0.1, -0.05) is 18.2 Å². The molecule has 0 saturated carbocycles. The van der Waals surface area contributed by atoms with Crippen LogP contribution in [-0.2, 0) is 25.5 Å². The lowest BCUT2D eigenvalue weighted by atomic mass is 10.0. The Labute approximate surface area is 200 Å². The fourth-order valence-corrected chi connectivity index (χ4v) is 3.74. The molecule has 0 fully saturated rings. The predicted octanol–water partition coefficient (Wildman–Crippen LogP) is 3.03. The third-order valence-corrected chi connectivity index (χ3v) is 5.28. The van der Waals surface area contributed by atoms with Gasteiger partial charge in [0.05, 0.1) is 11.4 Å². The van der Waals surface area contributed by atoms with E-state index in [0.717, 1.165) is 16.5 Å². The van der Waals surface area contributed by atoms with E-state index in [0.29, 0.717) is 17.2 Å². The molecule has 2 aromatic heterocycles. The van der Waals surface area contributed by atoms with Crippen molar-refractivity contribution in [3.63, 3.8) is 0 Å². The zero-order valence-electron chi connectivity index (χ0n) is 19.2. The number of H-pyrrole nitrogens is 1. The Morgan fingerprint density at radius 1 is 1.14 bits per heavy atom. The first-order chi connectivity index (χ1) is 16.8. The van der Waals surface area contributed by atoms with Crippen LogP contribution in [-0.4, -0.2) is 45.2 Å². The number of anilines is 1. The van der Waals surface area contributed by atoms with Crippen molar-refractivity contribution in [3.8, 4) is 5.69 Å². The van der Waals surface area contributed by atoms with E-state index in [1.165, 1.54) is 35.9 Å². The topological polar surface area (TPSA) is 118 Å². The smallest absolute Gasteiger partial charge is 0.329 e. The minimum Gasteiger partial charge on any atom is -0.454 e. The highest BCUT2D eigenvalue weighted by atomic mass is 19.1. The Hall–Kier alpha value is -4.47. The van der Waals surface area contributed by atoms with Crippen molar-refractivity contribution in [2.45, 2.75) is 26.3 Å². The highest BCUT2D eigenvalue weighted by Crippen LogP contribution is 2.20. The van der Waals surface area contributed by atoms with E-state index in [2.05, 4.69) is 20.7 Å². The quantitative estimate of drug-likeness (QED) is 0.337. The molecule has 0 aliphatic carbocycles. The van der Waals surface area contributed by atoms with Crippen LogP contribution in [0.5, 0.6) is 0 Å². The second kappa shape index (κ2) is 10.2. The number of aromatic nitrogens is 3. The van der Waals surface area contributed by atoms with Gasteiger partial charge < -0.3 is 20.4 Å². The van der Waals surface area contributed by atoms with Crippen LogP contribution in [0.4, 0.5) is 10.2 Å². The molecule has 4 aromatic rings. The summed E-state index contributed by atoms with van der Waals surface area (Å²) in [6, 6.07) is 13.9. The van der Waals surface area contributed by atoms with Crippen LogP contribution in [0.25, 0.3) is 16.6 Å². The summed E-state index contributed by atoms with van der Waals surface area (Å²) in [5, 5.41) is 10.5. The van der Waals surface area contributed by atoms with E-state index < -0.39 is 36.2 Å². The fraction of sp³-hybridized carbons (Fsp3) is 0.200. The van der Waals surface area contributed by atoms with Gasteiger partial charge in [0.25, 0.3) is 5.91 Å². The SMILES string of the molecule is CC(=O)N[C@@H](Cc1c[nH]c2ccccc12)C(=O)OCC(=O)Nc1cc(C)nn1-c1ccc(F)cc1. The molecule has 35 heavy (non-hydrogen) atoms. The van der Waals surface area contributed by atoms with Crippen LogP contribution >= 0.6 is 0 Å². The maximum Gasteiger partial charge on any atom is 0.329 e. The molecule has 0 spiro atoms. The molecule has 4 rings (SSSR count). The van der Waals surface area contributed by atoms with Gasteiger partial charge in [0.2, 0.25) is 5.91 Å². The van der Waals surface area contributed by atoms with E-state index in [9.17, 15) is 18.8 Å². The zero-order valence-corrected chi connectivity index (χ0v) is 19.2. The lowest BCUT2D eigenvalue weighted by molar-refractivity contribution is -0.150. The van der Waals surface area contributed by atoms with Crippen molar-refractivity contribution < 1.29 is 23.5 Å². The minimum atomic E-state index is -0.966. The fourth-order valence-electron chi connectivity index (χ4n) is 3.74. The first-order valence-electron chi connectivity index (χ1n) is 10.9. The van der Waals surface area contributed by atoms with Gasteiger partial charge in [-0.25, -0.2) is 13.9 Å². The minimum absolute atomic E-state index is 0.195. The summed E-state index contributed by atoms with van der Waals surface area (Å²) in [6.45, 7) is 2.50. The number of nitrogens with one attached hydrogen (secondary N) is 3. The Kier molecular flexibility index (Phi) is 6.91. The summed E-state index contributed by atoms with van der Waals surface area (Å²) in [6.07, 6.45) is 1.97. The number of benzene rings is 2. The third-order valence-electron chi connectivity index (χ3n) is 5.28. The normalized spacial score (nSPS) is 11.7. The van der Waals surface area contributed by atoms with Crippen molar-refractivity contribution in [2.75, 3.05) is 11.9 Å². The summed E-state index contributed by atoms with van der Waals surface area (Å²) >= 11 is 0. The second-order valence-electron chi connectivity index (χ2n) is 8.03. The average Bonchev–Trinajstić information content (AvgIpc) is 3.40. The van der Waals surface area contributed by atoms with Crippen LogP contribution in [0.1, 0.15) is 18.2 Å². The number of halogens is 1. The Morgan fingerprint density at radius 2 is 1.89 bits per heavy atom. The number of amides is 2. The van der Waals surface area contributed by atoms with Gasteiger partial charge in [-0.15, -0.1) is 0 Å². The number of carbonyl (C=O) groups excluding carboxylic acids is 3. The predicted molar refractivity (Wildman–Crippen MR) is 127 cm³/mol. The average molecular weight is 477 g/mol. The van der Waals surface area contributed by atoms with E-state index in [4.69, 9.17) is 4.74 Å². The van der Waals surface area contributed by atoms with Crippen LogP contribution in [0, 0.1) is 12.7 Å². The molecule has 0 bridgehead atoms. The third kappa shape index (κ3) is 5.72. The van der Waals surface area contributed by atoms with E-state index in [1.807, 2.05) is 24.3 Å². The number of hydrogen-bond acceptors (Lipinski definition) is 5. The monoisotopic (exact) mass is 477 g/mol. The molecule has 2 amide bonds. The van der Waals surface area contributed by atoms with Crippen LogP contribution in [0.3, 0.4) is 0 Å². The molecule has 9 nitrogen and oxygen atoms in total. The van der Waals surface area contributed by atoms with Crippen molar-refractivity contribution in [3.05, 3.63) is 77.9 Å². The Bertz CT molecular complexity index is 1380. The first-order valence-corrected chi connectivity index (χ1v) is 10.9. The highest BCUT2D eigenvalue weighted by Gasteiger charge is 2.24. The van der Waals surface area contributed by atoms with Crippen molar-refractivity contribution in [2.24, 2.45) is 0 Å². The van der Waals surface area contributed by atoms with Gasteiger partial charge in [0, 0.05) is 36.5 Å². The summed E-state index contributed by atoms with van der Waals surface area (Å²) in [7, 11) is 0. The molecule has 2 aromatic carbocycles. The number of ether oxygens (including phenoxy) is 1. The van der Waals surface area contributed by atoms with Crippen LogP contribution in [0.15, 0.2) is 60.8 Å². The van der Waals surface area contributed by atoms with Gasteiger partial charge >= 0.3 is 5.97 Å². The van der Waals surface area contributed by atoms with Crippen LogP contribution in [0.2, 0.25) is 0 Å². The molecule has 180 valence electrons. The van der Waals surface area contributed by atoms with Gasteiger partial charge in [0.15, 0.2) is 6.61 Å². The number of aromatic amines is 1. The molecule has 0 saturated heterocycles. The summed E-state index contributed by atoms with van der Waals surface area (Å²) in [4.78, 5) is 40.1. The Morgan fingerprint density at radius 3 is 2.63 bits per heavy atom. The number of hydrogen-bond donors (Lipinski definition) is 3. The molecule has 3 N–H and O–H groups in total. The van der Waals surface area contributed by atoms with Crippen molar-refractivity contribution >= 4 is 34.5 Å². The number of rotatable bonds is 8. The Balaban J connectivity index is 1.41. The number of para-hydroxylation sites is 1. The van der Waals surface area contributed by atoms with Gasteiger partial charge in [-0.2, -0.15) is 5.10 Å². The summed E-state index contributed by atoms with van der Waals surface area (Å²) < 4.78 is 19.9. The molecular formula is C25H24FN5O4. The first kappa shape index (κ1) is 23.7. The molecule has 0 radical (unpaired) electrons. The number of carbonyl (C=O) groups is 3. The number of nitrogens with zero attached hydrogens (tertiary/aromatic N) is 2. The lowest BCUT2D eigenvalue weighted by Crippen LogP contribution is -2.43. The van der Waals surface area contributed by atoms with E-state index >= 15 is 0 Å². The highest BCUT2D eigenvalue weighted by molar-refractivity contribution is 5.93. The molecule has 1 atom stereocenters. The van der Waals surface area contributed by atoms with Crippen LogP contribution < -0.4 is 10.6 Å². The standard InChI is InChI=1S/C25H24FN5O4/c1-15-11-23(31(30-15)19-9-7-18(26)8-10-19)29-24(33)14-35-25(34)22(28-16(2)32)12-17-13-27-21-6-4-3-5-20(17)21/h3-11,13,22,27H,12,14H2,1-2H3,(H,28,32)(H,29,33)/t22-/m0/s1. The maximum atomic E-state index is 13.3. The maximum absolute atomic E-state index is 13.3. The van der Waals surface area contributed by atoms with Crippen molar-refractivity contribution in [1.82, 2.24) is 20.1 Å². The molecule has 0 aliphatic heterocycles. The molecule has 0 unspecified atom stereocenters. The second-order valence-corrected chi connectivity index (χ2v) is 8.03. The van der Waals surface area contributed by atoms with Gasteiger partial charge in [-0.3, -0.25) is 9.59 Å². The summed E-state index contributed by atoms with van der Waals surface area (Å²) in [5.41, 5.74) is 2.92. The summed E-state index contributed by atoms with van der Waals surface area (Å²) in [5.74, 6) is -1.77. The largest absolute Gasteiger partial charge is 0.454 e.